The second-order valence-electron chi connectivity index (χ2n) is 17.5. The second kappa shape index (κ2) is 48.0. The van der Waals surface area contributed by atoms with Crippen LogP contribution in [0.15, 0.2) is 24.3 Å². The molecule has 0 spiro atoms. The highest BCUT2D eigenvalue weighted by Gasteiger charge is 2.18. The van der Waals surface area contributed by atoms with Crippen molar-refractivity contribution in [2.24, 2.45) is 0 Å². The molecule has 0 aromatic heterocycles. The van der Waals surface area contributed by atoms with Gasteiger partial charge < -0.3 is 20.3 Å². The van der Waals surface area contributed by atoms with Crippen molar-refractivity contribution in [2.45, 2.75) is 283 Å². The van der Waals surface area contributed by atoms with Crippen LogP contribution in [0.2, 0.25) is 0 Å². The first-order chi connectivity index (χ1) is 28.5. The Hall–Kier alpha value is -1.66. The molecule has 0 aliphatic rings. The quantitative estimate of drug-likeness (QED) is 0.0323. The number of esters is 1. The third kappa shape index (κ3) is 43.9. The summed E-state index contributed by atoms with van der Waals surface area (Å²) in [6.45, 7) is 4.87. The number of nitrogens with one attached hydrogen (secondary N) is 1. The van der Waals surface area contributed by atoms with Crippen LogP contribution in [-0.2, 0) is 14.3 Å². The number of ether oxygens (including phenoxy) is 1. The first-order valence-electron chi connectivity index (χ1n) is 25.6. The average Bonchev–Trinajstić information content (AvgIpc) is 3.22. The zero-order chi connectivity index (χ0) is 42.3. The first-order valence-corrected chi connectivity index (χ1v) is 25.6. The summed E-state index contributed by atoms with van der Waals surface area (Å²) >= 11 is 0. The molecule has 0 aromatic rings. The van der Waals surface area contributed by atoms with Crippen molar-refractivity contribution in [1.82, 2.24) is 5.32 Å². The van der Waals surface area contributed by atoms with Crippen LogP contribution in [-0.4, -0.2) is 47.4 Å². The lowest BCUT2D eigenvalue weighted by atomic mass is 10.0. The van der Waals surface area contributed by atoms with E-state index in [1.165, 1.54) is 180 Å². The summed E-state index contributed by atoms with van der Waals surface area (Å²) < 4.78 is 5.45. The van der Waals surface area contributed by atoms with Crippen molar-refractivity contribution < 1.29 is 24.5 Å². The maximum atomic E-state index is 12.4. The number of rotatable bonds is 47. The summed E-state index contributed by atoms with van der Waals surface area (Å²) in [5, 5.41) is 23.0. The highest BCUT2D eigenvalue weighted by molar-refractivity contribution is 5.76. The normalized spacial score (nSPS) is 12.8. The van der Waals surface area contributed by atoms with Crippen LogP contribution >= 0.6 is 0 Å². The SMILES string of the molecule is CCCCCCCCCCCCC/C=C/C(O)C(CO)NC(=O)CCCCCCC/C=C\CCCCCCCCCOC(=O)CCCCCCCCCCCCCC. The van der Waals surface area contributed by atoms with Crippen LogP contribution < -0.4 is 5.32 Å². The van der Waals surface area contributed by atoms with E-state index < -0.39 is 12.1 Å². The molecule has 2 atom stereocenters. The number of hydrogen-bond donors (Lipinski definition) is 3. The highest BCUT2D eigenvalue weighted by atomic mass is 16.5. The van der Waals surface area contributed by atoms with Gasteiger partial charge in [-0.05, 0) is 57.8 Å². The summed E-state index contributed by atoms with van der Waals surface area (Å²) in [4.78, 5) is 24.4. The molecule has 3 N–H and O–H groups in total. The fourth-order valence-electron chi connectivity index (χ4n) is 7.74. The van der Waals surface area contributed by atoms with E-state index in [1.54, 1.807) is 6.08 Å². The van der Waals surface area contributed by atoms with Crippen LogP contribution in [0.25, 0.3) is 0 Å². The van der Waals surface area contributed by atoms with Gasteiger partial charge in [0.1, 0.15) is 0 Å². The largest absolute Gasteiger partial charge is 0.466 e. The Morgan fingerprint density at radius 3 is 1.22 bits per heavy atom. The Balaban J connectivity index is 3.50. The number of aliphatic hydroxyl groups is 2. The van der Waals surface area contributed by atoms with E-state index >= 15 is 0 Å². The first kappa shape index (κ1) is 56.3. The van der Waals surface area contributed by atoms with Gasteiger partial charge in [-0.15, -0.1) is 0 Å². The summed E-state index contributed by atoms with van der Waals surface area (Å²) in [5.41, 5.74) is 0. The Labute approximate surface area is 361 Å². The Morgan fingerprint density at radius 1 is 0.466 bits per heavy atom. The molecular formula is C52H99NO5. The molecule has 0 saturated heterocycles. The van der Waals surface area contributed by atoms with Crippen LogP contribution in [0.4, 0.5) is 0 Å². The van der Waals surface area contributed by atoms with Gasteiger partial charge >= 0.3 is 5.97 Å². The van der Waals surface area contributed by atoms with Crippen molar-refractivity contribution in [3.8, 4) is 0 Å². The molecule has 0 aliphatic carbocycles. The topological polar surface area (TPSA) is 95.9 Å². The molecule has 0 bridgehead atoms. The number of aliphatic hydroxyl groups excluding tert-OH is 2. The molecule has 6 nitrogen and oxygen atoms in total. The van der Waals surface area contributed by atoms with Crippen LogP contribution in [0.1, 0.15) is 271 Å². The van der Waals surface area contributed by atoms with Crippen LogP contribution in [0.3, 0.4) is 0 Å². The third-order valence-electron chi connectivity index (χ3n) is 11.7. The van der Waals surface area contributed by atoms with E-state index in [9.17, 15) is 19.8 Å². The van der Waals surface area contributed by atoms with Gasteiger partial charge in [-0.2, -0.15) is 0 Å². The van der Waals surface area contributed by atoms with E-state index in [-0.39, 0.29) is 18.5 Å². The predicted molar refractivity (Wildman–Crippen MR) is 250 cm³/mol. The molecule has 0 rings (SSSR count). The minimum atomic E-state index is -0.853. The van der Waals surface area contributed by atoms with Crippen molar-refractivity contribution in [2.75, 3.05) is 13.2 Å². The van der Waals surface area contributed by atoms with Gasteiger partial charge in [0.2, 0.25) is 5.91 Å². The lowest BCUT2D eigenvalue weighted by Crippen LogP contribution is -2.45. The lowest BCUT2D eigenvalue weighted by Gasteiger charge is -2.20. The summed E-state index contributed by atoms with van der Waals surface area (Å²) in [5.74, 6) is -0.0891. The molecule has 2 unspecified atom stereocenters. The minimum Gasteiger partial charge on any atom is -0.466 e. The molecule has 0 aromatic carbocycles. The van der Waals surface area contributed by atoms with E-state index in [0.717, 1.165) is 64.2 Å². The Morgan fingerprint density at radius 2 is 0.810 bits per heavy atom. The number of allylic oxidation sites excluding steroid dienone is 3. The smallest absolute Gasteiger partial charge is 0.305 e. The monoisotopic (exact) mass is 818 g/mol. The molecule has 0 saturated carbocycles. The number of carbonyl (C=O) groups is 2. The van der Waals surface area contributed by atoms with Gasteiger partial charge in [-0.1, -0.05) is 224 Å². The molecule has 342 valence electrons. The van der Waals surface area contributed by atoms with E-state index in [2.05, 4.69) is 31.3 Å². The van der Waals surface area contributed by atoms with Crippen molar-refractivity contribution in [1.29, 1.82) is 0 Å². The van der Waals surface area contributed by atoms with Crippen molar-refractivity contribution in [3.63, 3.8) is 0 Å². The molecule has 0 aliphatic heterocycles. The molecule has 6 heteroatoms. The Kier molecular flexibility index (Phi) is 46.6. The van der Waals surface area contributed by atoms with Gasteiger partial charge in [-0.25, -0.2) is 0 Å². The minimum absolute atomic E-state index is 0.00361. The third-order valence-corrected chi connectivity index (χ3v) is 11.7. The molecule has 0 radical (unpaired) electrons. The molecule has 1 amide bonds. The molecule has 0 fully saturated rings. The number of amides is 1. The van der Waals surface area contributed by atoms with Gasteiger partial charge in [0, 0.05) is 12.8 Å². The maximum absolute atomic E-state index is 12.4. The maximum Gasteiger partial charge on any atom is 0.305 e. The Bertz CT molecular complexity index is 904. The molecule has 58 heavy (non-hydrogen) atoms. The van der Waals surface area contributed by atoms with E-state index in [4.69, 9.17) is 4.74 Å². The summed E-state index contributed by atoms with van der Waals surface area (Å²) in [6, 6.07) is -0.638. The van der Waals surface area contributed by atoms with Gasteiger partial charge in [0.15, 0.2) is 0 Å². The van der Waals surface area contributed by atoms with Crippen molar-refractivity contribution >= 4 is 11.9 Å². The predicted octanol–water partition coefficient (Wildman–Crippen LogP) is 15.1. The van der Waals surface area contributed by atoms with Gasteiger partial charge in [-0.3, -0.25) is 9.59 Å². The lowest BCUT2D eigenvalue weighted by molar-refractivity contribution is -0.143. The van der Waals surface area contributed by atoms with E-state index in [0.29, 0.717) is 19.4 Å². The fraction of sp³-hybridized carbons (Fsp3) is 0.885. The second-order valence-corrected chi connectivity index (χ2v) is 17.5. The number of carbonyl (C=O) groups excluding carboxylic acids is 2. The van der Waals surface area contributed by atoms with Crippen molar-refractivity contribution in [3.05, 3.63) is 24.3 Å². The molecule has 0 heterocycles. The number of hydrogen-bond acceptors (Lipinski definition) is 5. The highest BCUT2D eigenvalue weighted by Crippen LogP contribution is 2.15. The summed E-state index contributed by atoms with van der Waals surface area (Å²) in [6.07, 6.45) is 56.0. The average molecular weight is 818 g/mol. The number of unbranched alkanes of at least 4 members (excludes halogenated alkanes) is 34. The van der Waals surface area contributed by atoms with E-state index in [1.807, 2.05) is 6.08 Å². The van der Waals surface area contributed by atoms with Gasteiger partial charge in [0.25, 0.3) is 0 Å². The van der Waals surface area contributed by atoms with Crippen LogP contribution in [0, 0.1) is 0 Å². The zero-order valence-corrected chi connectivity index (χ0v) is 38.8. The summed E-state index contributed by atoms with van der Waals surface area (Å²) in [7, 11) is 0. The molecular weight excluding hydrogens is 719 g/mol. The van der Waals surface area contributed by atoms with Gasteiger partial charge in [0.05, 0.1) is 25.4 Å². The van der Waals surface area contributed by atoms with Crippen LogP contribution in [0.5, 0.6) is 0 Å². The standard InChI is InChI=1S/C52H99NO5/c1-3-5-7-9-11-13-15-21-24-28-32-36-40-44-50(55)49(48-54)53-51(56)45-41-37-33-29-25-22-19-17-18-20-23-27-31-35-39-43-47-58-52(57)46-42-38-34-30-26-16-14-12-10-8-6-4-2/h17,19,40,44,49-50,54-55H,3-16,18,20-39,41-43,45-48H2,1-2H3,(H,53,56)/b19-17-,44-40+. The zero-order valence-electron chi connectivity index (χ0n) is 38.8. The fourth-order valence-corrected chi connectivity index (χ4v) is 7.74.